The minimum Gasteiger partial charge on any atom is -0.496 e. The van der Waals surface area contributed by atoms with Crippen LogP contribution in [0.1, 0.15) is 18.4 Å². The molecule has 3 aromatic carbocycles. The lowest BCUT2D eigenvalue weighted by Gasteiger charge is -2.21. The summed E-state index contributed by atoms with van der Waals surface area (Å²) in [5.74, 6) is 0.296. The van der Waals surface area contributed by atoms with E-state index in [9.17, 15) is 9.59 Å². The minimum atomic E-state index is -0.685. The molecule has 1 aliphatic rings. The lowest BCUT2D eigenvalue weighted by Crippen LogP contribution is -2.50. The third kappa shape index (κ3) is 5.03. The fourth-order valence-corrected chi connectivity index (χ4v) is 3.99. The average Bonchev–Trinajstić information content (AvgIpc) is 3.34. The number of nitrogens with one attached hydrogen (secondary N) is 3. The molecule has 1 fully saturated rings. The van der Waals surface area contributed by atoms with Gasteiger partial charge in [0.2, 0.25) is 11.8 Å². The Morgan fingerprint density at radius 3 is 2.61 bits per heavy atom. The van der Waals surface area contributed by atoms with Crippen molar-refractivity contribution < 1.29 is 14.3 Å². The number of amides is 2. The van der Waals surface area contributed by atoms with E-state index < -0.39 is 6.04 Å². The second-order valence-corrected chi connectivity index (χ2v) is 7.79. The number of carbonyl (C=O) groups excluding carboxylic acids is 2. The molecule has 0 aromatic heterocycles. The van der Waals surface area contributed by atoms with Gasteiger partial charge in [-0.1, -0.05) is 54.6 Å². The second-order valence-electron chi connectivity index (χ2n) is 7.79. The first-order chi connectivity index (χ1) is 15.1. The first kappa shape index (κ1) is 20.9. The third-order valence-electron chi connectivity index (χ3n) is 5.60. The van der Waals surface area contributed by atoms with Crippen LogP contribution in [0.25, 0.3) is 10.8 Å². The predicted octanol–water partition coefficient (Wildman–Crippen LogP) is 3.27. The molecule has 0 bridgehead atoms. The fourth-order valence-electron chi connectivity index (χ4n) is 3.99. The van der Waals surface area contributed by atoms with Crippen LogP contribution < -0.4 is 20.7 Å². The highest BCUT2D eigenvalue weighted by atomic mass is 16.5. The van der Waals surface area contributed by atoms with Crippen LogP contribution in [0.15, 0.2) is 66.7 Å². The summed E-state index contributed by atoms with van der Waals surface area (Å²) in [5.41, 5.74) is 1.62. The lowest BCUT2D eigenvalue weighted by atomic mass is 10.0. The van der Waals surface area contributed by atoms with Crippen LogP contribution in [-0.4, -0.2) is 37.6 Å². The monoisotopic (exact) mass is 417 g/mol. The Morgan fingerprint density at radius 1 is 1.10 bits per heavy atom. The molecule has 1 heterocycles. The normalized spacial score (nSPS) is 16.6. The van der Waals surface area contributed by atoms with E-state index in [4.69, 9.17) is 4.74 Å². The van der Waals surface area contributed by atoms with Crippen molar-refractivity contribution in [2.24, 2.45) is 0 Å². The maximum atomic E-state index is 13.2. The van der Waals surface area contributed by atoms with Crippen LogP contribution in [0.2, 0.25) is 0 Å². The van der Waals surface area contributed by atoms with Crippen molar-refractivity contribution >= 4 is 28.3 Å². The van der Waals surface area contributed by atoms with Crippen LogP contribution in [0.5, 0.6) is 5.75 Å². The SMILES string of the molecule is COc1cc(NC(=O)[C@H](Cc2ccccc2)NC(=O)[C@@H]2CCCN2)cc2ccccc12. The van der Waals surface area contributed by atoms with Crippen LogP contribution in [0.3, 0.4) is 0 Å². The third-order valence-corrected chi connectivity index (χ3v) is 5.60. The number of rotatable bonds is 7. The Kier molecular flexibility index (Phi) is 6.48. The van der Waals surface area contributed by atoms with Gasteiger partial charge < -0.3 is 20.7 Å². The summed E-state index contributed by atoms with van der Waals surface area (Å²) < 4.78 is 5.51. The number of fused-ring (bicyclic) bond motifs is 1. The van der Waals surface area contributed by atoms with Crippen LogP contribution >= 0.6 is 0 Å². The molecule has 2 amide bonds. The number of hydrogen-bond donors (Lipinski definition) is 3. The highest BCUT2D eigenvalue weighted by Crippen LogP contribution is 2.29. The number of carbonyl (C=O) groups is 2. The Morgan fingerprint density at radius 2 is 1.87 bits per heavy atom. The van der Waals surface area contributed by atoms with E-state index in [0.29, 0.717) is 17.9 Å². The summed E-state index contributed by atoms with van der Waals surface area (Å²) in [6, 6.07) is 20.3. The number of ether oxygens (including phenoxy) is 1. The summed E-state index contributed by atoms with van der Waals surface area (Å²) in [4.78, 5) is 25.9. The van der Waals surface area contributed by atoms with E-state index in [0.717, 1.165) is 35.7 Å². The number of methoxy groups -OCH3 is 1. The van der Waals surface area contributed by atoms with Gasteiger partial charge in [0, 0.05) is 23.6 Å². The summed E-state index contributed by atoms with van der Waals surface area (Å²) >= 11 is 0. The van der Waals surface area contributed by atoms with Crippen LogP contribution in [-0.2, 0) is 16.0 Å². The molecule has 3 aromatic rings. The van der Waals surface area contributed by atoms with Gasteiger partial charge in [-0.2, -0.15) is 0 Å². The average molecular weight is 418 g/mol. The molecule has 0 spiro atoms. The Labute approximate surface area is 182 Å². The number of hydrogen-bond acceptors (Lipinski definition) is 4. The van der Waals surface area contributed by atoms with Gasteiger partial charge in [0.05, 0.1) is 13.2 Å². The van der Waals surface area contributed by atoms with E-state index >= 15 is 0 Å². The molecule has 3 N–H and O–H groups in total. The van der Waals surface area contributed by atoms with E-state index in [1.165, 1.54) is 0 Å². The molecule has 0 unspecified atom stereocenters. The van der Waals surface area contributed by atoms with Crippen LogP contribution in [0.4, 0.5) is 5.69 Å². The predicted molar refractivity (Wildman–Crippen MR) is 122 cm³/mol. The molecule has 6 nitrogen and oxygen atoms in total. The molecular formula is C25H27N3O3. The minimum absolute atomic E-state index is 0.135. The Bertz CT molecular complexity index is 1060. The summed E-state index contributed by atoms with van der Waals surface area (Å²) in [7, 11) is 1.61. The van der Waals surface area contributed by atoms with Gasteiger partial charge in [0.25, 0.3) is 0 Å². The standard InChI is InChI=1S/C25H27N3O3/c1-31-23-16-19(15-18-10-5-6-11-20(18)23)27-25(30)22(14-17-8-3-2-4-9-17)28-24(29)21-12-7-13-26-21/h2-6,8-11,15-16,21-22,26H,7,12-14H2,1H3,(H,27,30)(H,28,29)/t21-,22-/m0/s1. The first-order valence-corrected chi connectivity index (χ1v) is 10.6. The molecule has 6 heteroatoms. The van der Waals surface area contributed by atoms with E-state index in [1.807, 2.05) is 60.7 Å². The zero-order valence-corrected chi connectivity index (χ0v) is 17.6. The maximum Gasteiger partial charge on any atom is 0.247 e. The number of benzene rings is 3. The van der Waals surface area contributed by atoms with Crippen molar-refractivity contribution in [1.82, 2.24) is 10.6 Å². The van der Waals surface area contributed by atoms with E-state index in [2.05, 4.69) is 16.0 Å². The van der Waals surface area contributed by atoms with Crippen LogP contribution in [0, 0.1) is 0 Å². The molecular weight excluding hydrogens is 390 g/mol. The van der Waals surface area contributed by atoms with Crippen molar-refractivity contribution in [1.29, 1.82) is 0 Å². The molecule has 4 rings (SSSR count). The van der Waals surface area contributed by atoms with Crippen molar-refractivity contribution in [3.63, 3.8) is 0 Å². The second kappa shape index (κ2) is 9.62. The van der Waals surface area contributed by atoms with Gasteiger partial charge in [0.15, 0.2) is 0 Å². The molecule has 1 saturated heterocycles. The van der Waals surface area contributed by atoms with Gasteiger partial charge in [-0.05, 0) is 36.4 Å². The van der Waals surface area contributed by atoms with Crippen molar-refractivity contribution in [3.05, 3.63) is 72.3 Å². The van der Waals surface area contributed by atoms with Gasteiger partial charge in [0.1, 0.15) is 11.8 Å². The smallest absolute Gasteiger partial charge is 0.247 e. The van der Waals surface area contributed by atoms with Gasteiger partial charge >= 0.3 is 0 Å². The molecule has 31 heavy (non-hydrogen) atoms. The molecule has 0 saturated carbocycles. The number of anilines is 1. The van der Waals surface area contributed by atoms with Crippen molar-refractivity contribution in [3.8, 4) is 5.75 Å². The van der Waals surface area contributed by atoms with Gasteiger partial charge in [-0.3, -0.25) is 9.59 Å². The zero-order valence-electron chi connectivity index (χ0n) is 17.6. The molecule has 0 radical (unpaired) electrons. The fraction of sp³-hybridized carbons (Fsp3) is 0.280. The highest BCUT2D eigenvalue weighted by molar-refractivity contribution is 6.01. The molecule has 160 valence electrons. The van der Waals surface area contributed by atoms with Gasteiger partial charge in [-0.15, -0.1) is 0 Å². The summed E-state index contributed by atoms with van der Waals surface area (Å²) in [6.07, 6.45) is 2.16. The molecule has 0 aliphatic carbocycles. The topological polar surface area (TPSA) is 79.5 Å². The quantitative estimate of drug-likeness (QED) is 0.551. The Hall–Kier alpha value is -3.38. The summed E-state index contributed by atoms with van der Waals surface area (Å²) in [5, 5.41) is 11.1. The van der Waals surface area contributed by atoms with Crippen molar-refractivity contribution in [2.45, 2.75) is 31.3 Å². The highest BCUT2D eigenvalue weighted by Gasteiger charge is 2.27. The molecule has 1 aliphatic heterocycles. The molecule has 2 atom stereocenters. The first-order valence-electron chi connectivity index (χ1n) is 10.6. The lowest BCUT2D eigenvalue weighted by molar-refractivity contribution is -0.127. The van der Waals surface area contributed by atoms with E-state index in [-0.39, 0.29) is 17.9 Å². The van der Waals surface area contributed by atoms with E-state index in [1.54, 1.807) is 13.2 Å². The van der Waals surface area contributed by atoms with Crippen molar-refractivity contribution in [2.75, 3.05) is 19.0 Å². The summed E-state index contributed by atoms with van der Waals surface area (Å²) in [6.45, 7) is 0.824. The maximum absolute atomic E-state index is 13.2. The Balaban J connectivity index is 1.56. The zero-order chi connectivity index (χ0) is 21.6. The largest absolute Gasteiger partial charge is 0.496 e. The van der Waals surface area contributed by atoms with Gasteiger partial charge in [-0.25, -0.2) is 0 Å².